The quantitative estimate of drug-likeness (QED) is 0.564. The van der Waals surface area contributed by atoms with Crippen molar-refractivity contribution in [3.8, 4) is 0 Å². The lowest BCUT2D eigenvalue weighted by Gasteiger charge is -1.81. The van der Waals surface area contributed by atoms with Crippen molar-refractivity contribution < 1.29 is 0 Å². The molecule has 1 aromatic carbocycles. The summed E-state index contributed by atoms with van der Waals surface area (Å²) in [6.07, 6.45) is 6.78. The molecule has 0 fully saturated rings. The molecule has 0 bridgehead atoms. The lowest BCUT2D eigenvalue weighted by Crippen LogP contribution is -1.63. The zero-order valence-electron chi connectivity index (χ0n) is 7.51. The zero-order chi connectivity index (χ0) is 9.64. The molecular formula is C10H10N4. The molecule has 0 amide bonds. The van der Waals surface area contributed by atoms with E-state index in [0.29, 0.717) is 0 Å². The molecule has 14 heavy (non-hydrogen) atoms. The van der Waals surface area contributed by atoms with E-state index in [1.165, 1.54) is 0 Å². The number of hydrogen-bond acceptors (Lipinski definition) is 2. The molecule has 0 spiro atoms. The van der Waals surface area contributed by atoms with Gasteiger partial charge in [-0.2, -0.15) is 0 Å². The minimum atomic E-state index is 1.03. The van der Waals surface area contributed by atoms with Gasteiger partial charge in [-0.3, -0.25) is 0 Å². The summed E-state index contributed by atoms with van der Waals surface area (Å²) in [4.78, 5) is 13.5. The number of rotatable bonds is 0. The number of nitrogens with one attached hydrogen (secondary N) is 2. The molecule has 0 radical (unpaired) electrons. The molecule has 0 unspecified atom stereocenters. The van der Waals surface area contributed by atoms with E-state index in [1.807, 2.05) is 24.3 Å². The van der Waals surface area contributed by atoms with Crippen molar-refractivity contribution in [1.82, 2.24) is 19.9 Å². The van der Waals surface area contributed by atoms with Crippen LogP contribution in [0.1, 0.15) is 0 Å². The lowest BCUT2D eigenvalue weighted by atomic mass is 10.3. The van der Waals surface area contributed by atoms with E-state index in [2.05, 4.69) is 19.9 Å². The lowest BCUT2D eigenvalue weighted by molar-refractivity contribution is 1.31. The highest BCUT2D eigenvalue weighted by molar-refractivity contribution is 5.73. The number of nitrogens with zero attached hydrogens (tertiary/aromatic N) is 2. The second kappa shape index (κ2) is 4.23. The van der Waals surface area contributed by atoms with Gasteiger partial charge in [0.15, 0.2) is 0 Å². The van der Waals surface area contributed by atoms with Crippen molar-refractivity contribution in [2.75, 3.05) is 0 Å². The molecule has 2 aromatic heterocycles. The van der Waals surface area contributed by atoms with Crippen molar-refractivity contribution in [3.63, 3.8) is 0 Å². The highest BCUT2D eigenvalue weighted by atomic mass is 14.9. The predicted molar refractivity (Wildman–Crippen MR) is 54.7 cm³/mol. The van der Waals surface area contributed by atoms with Gasteiger partial charge in [0.1, 0.15) is 0 Å². The van der Waals surface area contributed by atoms with E-state index in [1.54, 1.807) is 25.0 Å². The maximum Gasteiger partial charge on any atom is 0.0931 e. The number of benzene rings is 1. The van der Waals surface area contributed by atoms with Gasteiger partial charge in [-0.05, 0) is 12.1 Å². The number of imidazole rings is 2. The summed E-state index contributed by atoms with van der Waals surface area (Å²) in [5, 5.41) is 0. The Balaban J connectivity index is 0.000000128. The van der Waals surface area contributed by atoms with Gasteiger partial charge in [-0.1, -0.05) is 12.1 Å². The molecule has 0 atom stereocenters. The monoisotopic (exact) mass is 186 g/mol. The molecule has 0 aliphatic heterocycles. The van der Waals surface area contributed by atoms with E-state index in [0.717, 1.165) is 11.0 Å². The Labute approximate surface area is 81.0 Å². The van der Waals surface area contributed by atoms with Gasteiger partial charge in [0.05, 0.1) is 23.7 Å². The normalized spacial score (nSPS) is 9.43. The number of aromatic nitrogens is 4. The van der Waals surface area contributed by atoms with E-state index < -0.39 is 0 Å². The van der Waals surface area contributed by atoms with E-state index in [4.69, 9.17) is 0 Å². The third-order valence-corrected chi connectivity index (χ3v) is 1.73. The number of fused-ring (bicyclic) bond motifs is 1. The SMILES string of the molecule is c1c[nH]cn1.c1ccc2[nH]cnc2c1. The van der Waals surface area contributed by atoms with Crippen LogP contribution in [-0.4, -0.2) is 19.9 Å². The van der Waals surface area contributed by atoms with Crippen molar-refractivity contribution in [3.05, 3.63) is 49.3 Å². The molecule has 4 nitrogen and oxygen atoms in total. The van der Waals surface area contributed by atoms with E-state index >= 15 is 0 Å². The zero-order valence-corrected chi connectivity index (χ0v) is 7.51. The van der Waals surface area contributed by atoms with Gasteiger partial charge < -0.3 is 9.97 Å². The highest BCUT2D eigenvalue weighted by Crippen LogP contribution is 2.05. The Morgan fingerprint density at radius 2 is 2.00 bits per heavy atom. The molecule has 2 heterocycles. The minimum Gasteiger partial charge on any atom is -0.351 e. The van der Waals surface area contributed by atoms with Crippen molar-refractivity contribution in [2.45, 2.75) is 0 Å². The maximum atomic E-state index is 4.06. The first-order chi connectivity index (χ1) is 6.97. The summed E-state index contributed by atoms with van der Waals surface area (Å²) < 4.78 is 0. The molecule has 3 rings (SSSR count). The Hall–Kier alpha value is -2.10. The molecule has 70 valence electrons. The molecule has 2 N–H and O–H groups in total. The Kier molecular flexibility index (Phi) is 2.56. The van der Waals surface area contributed by atoms with Crippen molar-refractivity contribution >= 4 is 11.0 Å². The summed E-state index contributed by atoms with van der Waals surface area (Å²) >= 11 is 0. The molecule has 0 saturated heterocycles. The highest BCUT2D eigenvalue weighted by Gasteiger charge is 1.88. The summed E-state index contributed by atoms with van der Waals surface area (Å²) in [6, 6.07) is 7.94. The average Bonchev–Trinajstić information content (AvgIpc) is 2.92. The topological polar surface area (TPSA) is 57.4 Å². The molecule has 0 aliphatic carbocycles. The molecule has 0 aliphatic rings. The molecular weight excluding hydrogens is 176 g/mol. The van der Waals surface area contributed by atoms with E-state index in [-0.39, 0.29) is 0 Å². The van der Waals surface area contributed by atoms with Crippen LogP contribution < -0.4 is 0 Å². The van der Waals surface area contributed by atoms with Crippen LogP contribution in [0, 0.1) is 0 Å². The van der Waals surface area contributed by atoms with Crippen molar-refractivity contribution in [1.29, 1.82) is 0 Å². The number of H-pyrrole nitrogens is 2. The van der Waals surface area contributed by atoms with Crippen LogP contribution in [0.25, 0.3) is 11.0 Å². The third kappa shape index (κ3) is 1.98. The number of para-hydroxylation sites is 2. The molecule has 3 aromatic rings. The number of hydrogen-bond donors (Lipinski definition) is 2. The molecule has 0 saturated carbocycles. The van der Waals surface area contributed by atoms with Crippen LogP contribution in [0.3, 0.4) is 0 Å². The first-order valence-corrected chi connectivity index (χ1v) is 4.27. The van der Waals surface area contributed by atoms with Crippen LogP contribution in [0.2, 0.25) is 0 Å². The van der Waals surface area contributed by atoms with Gasteiger partial charge in [-0.25, -0.2) is 9.97 Å². The fourth-order valence-corrected chi connectivity index (χ4v) is 1.09. The van der Waals surface area contributed by atoms with Gasteiger partial charge in [0, 0.05) is 12.4 Å². The fraction of sp³-hybridized carbons (Fsp3) is 0. The number of aromatic amines is 2. The Morgan fingerprint density at radius 1 is 1.07 bits per heavy atom. The fourth-order valence-electron chi connectivity index (χ4n) is 1.09. The summed E-state index contributed by atoms with van der Waals surface area (Å²) in [5.41, 5.74) is 2.12. The van der Waals surface area contributed by atoms with Crippen LogP contribution >= 0.6 is 0 Å². The van der Waals surface area contributed by atoms with Gasteiger partial charge in [0.25, 0.3) is 0 Å². The van der Waals surface area contributed by atoms with Crippen LogP contribution in [0.5, 0.6) is 0 Å². The second-order valence-electron chi connectivity index (χ2n) is 2.68. The van der Waals surface area contributed by atoms with Crippen molar-refractivity contribution in [2.24, 2.45) is 0 Å². The first-order valence-electron chi connectivity index (χ1n) is 4.27. The summed E-state index contributed by atoms with van der Waals surface area (Å²) in [7, 11) is 0. The predicted octanol–water partition coefficient (Wildman–Crippen LogP) is 1.97. The Bertz CT molecular complexity index is 422. The van der Waals surface area contributed by atoms with Crippen LogP contribution in [0.4, 0.5) is 0 Å². The van der Waals surface area contributed by atoms with E-state index in [9.17, 15) is 0 Å². The van der Waals surface area contributed by atoms with Crippen LogP contribution in [0.15, 0.2) is 49.3 Å². The smallest absolute Gasteiger partial charge is 0.0931 e. The third-order valence-electron chi connectivity index (χ3n) is 1.73. The summed E-state index contributed by atoms with van der Waals surface area (Å²) in [6.45, 7) is 0. The van der Waals surface area contributed by atoms with Crippen LogP contribution in [-0.2, 0) is 0 Å². The largest absolute Gasteiger partial charge is 0.351 e. The van der Waals surface area contributed by atoms with Gasteiger partial charge in [-0.15, -0.1) is 0 Å². The van der Waals surface area contributed by atoms with Gasteiger partial charge in [0.2, 0.25) is 0 Å². The second-order valence-corrected chi connectivity index (χ2v) is 2.68. The average molecular weight is 186 g/mol. The molecule has 4 heteroatoms. The minimum absolute atomic E-state index is 1.03. The van der Waals surface area contributed by atoms with Gasteiger partial charge >= 0.3 is 0 Å². The standard InChI is InChI=1S/C7H6N2.C3H4N2/c1-2-4-7-6(3-1)8-5-9-7;1-2-5-3-4-1/h1-5H,(H,8,9);1-3H,(H,4,5). The maximum absolute atomic E-state index is 4.06. The Morgan fingerprint density at radius 3 is 2.64 bits per heavy atom. The summed E-state index contributed by atoms with van der Waals surface area (Å²) in [5.74, 6) is 0. The first kappa shape index (κ1) is 8.50.